The van der Waals surface area contributed by atoms with Crippen LogP contribution < -0.4 is 0 Å². The molecule has 0 bridgehead atoms. The van der Waals surface area contributed by atoms with Crippen LogP contribution in [0.25, 0.3) is 16.7 Å². The maximum Gasteiger partial charge on any atom is 0.477 e. The number of phosphoric acid groups is 1. The summed E-state index contributed by atoms with van der Waals surface area (Å²) in [7, 11) is -4.25. The minimum absolute atomic E-state index is 0.0346. The summed E-state index contributed by atoms with van der Waals surface area (Å²) in [6.45, 7) is 11.9. The van der Waals surface area contributed by atoms with Gasteiger partial charge in [-0.2, -0.15) is 5.10 Å². The van der Waals surface area contributed by atoms with E-state index in [9.17, 15) is 18.9 Å². The molecule has 1 aliphatic heterocycles. The second-order valence-corrected chi connectivity index (χ2v) is 14.8. The Labute approximate surface area is 277 Å². The molecule has 3 aromatic heterocycles. The molecule has 48 heavy (non-hydrogen) atoms. The summed E-state index contributed by atoms with van der Waals surface area (Å²) in [5, 5.41) is 4.07. The van der Waals surface area contributed by atoms with Crippen molar-refractivity contribution in [3.63, 3.8) is 0 Å². The number of carbonyl (C=O) groups excluding carboxylic acids is 3. The van der Waals surface area contributed by atoms with E-state index in [1.807, 2.05) is 6.07 Å². The molecule has 0 atom stereocenters. The van der Waals surface area contributed by atoms with Crippen molar-refractivity contribution >= 4 is 36.3 Å². The van der Waals surface area contributed by atoms with Crippen molar-refractivity contribution in [3.8, 4) is 5.82 Å². The molecule has 1 aliphatic rings. The van der Waals surface area contributed by atoms with Crippen LogP contribution in [0.4, 0.5) is 4.39 Å². The number of phosphoric ester groups is 1. The molecule has 0 aliphatic carbocycles. The second kappa shape index (κ2) is 13.3. The van der Waals surface area contributed by atoms with Gasteiger partial charge >= 0.3 is 7.82 Å². The lowest BCUT2D eigenvalue weighted by atomic mass is 10.1. The number of fused-ring (bicyclic) bond motifs is 1. The zero-order chi connectivity index (χ0) is 35.0. The van der Waals surface area contributed by atoms with E-state index in [1.54, 1.807) is 77.6 Å². The number of halogens is 1. The van der Waals surface area contributed by atoms with Crippen molar-refractivity contribution in [3.05, 3.63) is 71.8 Å². The third-order valence-corrected chi connectivity index (χ3v) is 9.07. The SMILES string of the molecule is Cc1ncn(-c2ncc(F)c3c(C(=O)C(=O)N4CCN(C(=O)c5ccccc5)CC4)cn(COP(=O)(OC(C)(C)C)OC(C)(C)C)c23)n1. The van der Waals surface area contributed by atoms with Crippen molar-refractivity contribution in [1.29, 1.82) is 0 Å². The van der Waals surface area contributed by atoms with Crippen molar-refractivity contribution in [1.82, 2.24) is 34.1 Å². The number of benzene rings is 1. The van der Waals surface area contributed by atoms with Crippen molar-refractivity contribution in [2.24, 2.45) is 0 Å². The molecule has 16 heteroatoms. The summed E-state index contributed by atoms with van der Waals surface area (Å²) >= 11 is 0. The number of aryl methyl sites for hydroxylation is 1. The predicted octanol–water partition coefficient (Wildman–Crippen LogP) is 4.94. The van der Waals surface area contributed by atoms with Gasteiger partial charge in [0.15, 0.2) is 11.6 Å². The van der Waals surface area contributed by atoms with E-state index in [2.05, 4.69) is 15.1 Å². The number of ketones is 1. The first kappa shape index (κ1) is 35.0. The summed E-state index contributed by atoms with van der Waals surface area (Å²) in [5.74, 6) is -2.41. The summed E-state index contributed by atoms with van der Waals surface area (Å²) in [5.41, 5.74) is -1.56. The average molecular weight is 684 g/mol. The van der Waals surface area contributed by atoms with Gasteiger partial charge in [0.25, 0.3) is 17.6 Å². The van der Waals surface area contributed by atoms with Crippen molar-refractivity contribution in [2.75, 3.05) is 26.2 Å². The highest BCUT2D eigenvalue weighted by Crippen LogP contribution is 2.55. The Kier molecular flexibility index (Phi) is 9.71. The van der Waals surface area contributed by atoms with Gasteiger partial charge in [-0.25, -0.2) is 23.6 Å². The lowest BCUT2D eigenvalue weighted by Crippen LogP contribution is -2.52. The molecule has 2 amide bonds. The van der Waals surface area contributed by atoms with Crippen LogP contribution in [0.15, 0.2) is 49.1 Å². The Bertz CT molecular complexity index is 1870. The number of piperazine rings is 1. The first-order chi connectivity index (χ1) is 22.4. The van der Waals surface area contributed by atoms with Gasteiger partial charge in [-0.15, -0.1) is 0 Å². The lowest BCUT2D eigenvalue weighted by molar-refractivity contribution is -0.127. The largest absolute Gasteiger partial charge is 0.477 e. The third-order valence-electron chi connectivity index (χ3n) is 7.09. The Morgan fingerprint density at radius 1 is 0.917 bits per heavy atom. The van der Waals surface area contributed by atoms with Crippen molar-refractivity contribution < 1.29 is 36.9 Å². The van der Waals surface area contributed by atoms with E-state index in [4.69, 9.17) is 13.6 Å². The molecule has 14 nitrogen and oxygen atoms in total. The molecule has 5 rings (SSSR count). The number of Topliss-reactive ketones (excluding diaryl/α,β-unsaturated/α-hetero) is 1. The Morgan fingerprint density at radius 3 is 2.08 bits per heavy atom. The normalized spacial score (nSPS) is 14.5. The van der Waals surface area contributed by atoms with Gasteiger partial charge in [0, 0.05) is 37.9 Å². The van der Waals surface area contributed by atoms with Gasteiger partial charge in [0.1, 0.15) is 18.9 Å². The Hall–Kier alpha value is -4.30. The van der Waals surface area contributed by atoms with E-state index in [0.717, 1.165) is 6.20 Å². The highest BCUT2D eigenvalue weighted by molar-refractivity contribution is 7.48. The predicted molar refractivity (Wildman–Crippen MR) is 173 cm³/mol. The topological polar surface area (TPSA) is 151 Å². The molecule has 256 valence electrons. The van der Waals surface area contributed by atoms with E-state index in [0.29, 0.717) is 11.4 Å². The molecule has 4 heterocycles. The van der Waals surface area contributed by atoms with Gasteiger partial charge in [-0.3, -0.25) is 28.0 Å². The van der Waals surface area contributed by atoms with Crippen LogP contribution in [0.3, 0.4) is 0 Å². The summed E-state index contributed by atoms with van der Waals surface area (Å²) < 4.78 is 49.3. The Balaban J connectivity index is 1.48. The number of nitrogens with zero attached hydrogens (tertiary/aromatic N) is 7. The number of amides is 2. The number of aromatic nitrogens is 5. The van der Waals surface area contributed by atoms with Crippen LogP contribution >= 0.6 is 7.82 Å². The molecular formula is C32H39FN7O7P. The first-order valence-corrected chi connectivity index (χ1v) is 16.8. The molecule has 0 N–H and O–H groups in total. The Morgan fingerprint density at radius 2 is 1.52 bits per heavy atom. The van der Waals surface area contributed by atoms with Crippen LogP contribution in [-0.4, -0.2) is 89.1 Å². The second-order valence-electron chi connectivity index (χ2n) is 13.3. The highest BCUT2D eigenvalue weighted by atomic mass is 31.2. The van der Waals surface area contributed by atoms with Gasteiger partial charge in [-0.05, 0) is 60.6 Å². The fourth-order valence-corrected chi connectivity index (χ4v) is 6.93. The number of hydrogen-bond acceptors (Lipinski definition) is 10. The van der Waals surface area contributed by atoms with Gasteiger partial charge in [0.2, 0.25) is 0 Å². The van der Waals surface area contributed by atoms with Crippen LogP contribution in [0.5, 0.6) is 0 Å². The molecule has 1 aromatic carbocycles. The van der Waals surface area contributed by atoms with Gasteiger partial charge in [0.05, 0.1) is 33.9 Å². The zero-order valence-corrected chi connectivity index (χ0v) is 28.9. The summed E-state index contributed by atoms with van der Waals surface area (Å²) in [6.07, 6.45) is 3.54. The fraction of sp³-hybridized carbons (Fsp3) is 0.438. The van der Waals surface area contributed by atoms with Crippen LogP contribution in [-0.2, 0) is 29.7 Å². The van der Waals surface area contributed by atoms with E-state index in [-0.39, 0.29) is 54.4 Å². The summed E-state index contributed by atoms with van der Waals surface area (Å²) in [6, 6.07) is 8.78. The first-order valence-electron chi connectivity index (χ1n) is 15.3. The number of pyridine rings is 1. The van der Waals surface area contributed by atoms with Crippen LogP contribution in [0.1, 0.15) is 68.1 Å². The molecule has 0 radical (unpaired) electrons. The standard InChI is InChI=1S/C32H39FN7O7P/c1-21-35-19-40(36-21)28-26-25(24(33)17-34-28)23(18-39(26)20-45-48(44,46-31(2,3)4)47-32(5,6)7)27(41)30(43)38-15-13-37(14-16-38)29(42)22-11-9-8-10-12-22/h8-12,17-19H,13-16,20H2,1-7H3. The number of hydrogen-bond donors (Lipinski definition) is 0. The van der Waals surface area contributed by atoms with Gasteiger partial charge in [-0.1, -0.05) is 18.2 Å². The third kappa shape index (κ3) is 7.87. The van der Waals surface area contributed by atoms with Crippen molar-refractivity contribution in [2.45, 2.75) is 66.4 Å². The zero-order valence-electron chi connectivity index (χ0n) is 28.0. The number of carbonyl (C=O) groups is 3. The maximum absolute atomic E-state index is 15.7. The van der Waals surface area contributed by atoms with Gasteiger partial charge < -0.3 is 14.4 Å². The highest BCUT2D eigenvalue weighted by Gasteiger charge is 2.38. The fourth-order valence-electron chi connectivity index (χ4n) is 5.18. The smallest absolute Gasteiger partial charge is 0.335 e. The van der Waals surface area contributed by atoms with E-state index >= 15 is 4.39 Å². The minimum Gasteiger partial charge on any atom is -0.335 e. The molecule has 0 spiro atoms. The summed E-state index contributed by atoms with van der Waals surface area (Å²) in [4.78, 5) is 51.6. The molecule has 0 unspecified atom stereocenters. The van der Waals surface area contributed by atoms with E-state index < -0.39 is 43.3 Å². The monoisotopic (exact) mass is 683 g/mol. The van der Waals surface area contributed by atoms with Crippen LogP contribution in [0, 0.1) is 12.7 Å². The molecule has 1 saturated heterocycles. The molecular weight excluding hydrogens is 644 g/mol. The van der Waals surface area contributed by atoms with Crippen LogP contribution in [0.2, 0.25) is 0 Å². The van der Waals surface area contributed by atoms with E-state index in [1.165, 1.54) is 26.7 Å². The maximum atomic E-state index is 15.7. The quantitative estimate of drug-likeness (QED) is 0.135. The minimum atomic E-state index is -4.25. The molecule has 0 saturated carbocycles. The molecule has 4 aromatic rings. The molecule has 1 fully saturated rings. The lowest BCUT2D eigenvalue weighted by Gasteiger charge is -2.34. The number of rotatable bonds is 9. The average Bonchev–Trinajstić information content (AvgIpc) is 3.62.